The number of nitrogens with one attached hydrogen (secondary N) is 2. The Kier molecular flexibility index (Phi) is 8.32. The smallest absolute Gasteiger partial charge is 0.325 e. The monoisotopic (exact) mass is 601 g/mol. The third-order valence-corrected chi connectivity index (χ3v) is 8.31. The van der Waals surface area contributed by atoms with E-state index in [0.717, 1.165) is 22.5 Å². The van der Waals surface area contributed by atoms with Gasteiger partial charge in [-0.15, -0.1) is 16.4 Å². The summed E-state index contributed by atoms with van der Waals surface area (Å²) in [7, 11) is 0. The summed E-state index contributed by atoms with van der Waals surface area (Å²) in [4.78, 5) is 29.3. The van der Waals surface area contributed by atoms with Crippen LogP contribution in [0, 0.1) is 0 Å². The zero-order chi connectivity index (χ0) is 28.1. The summed E-state index contributed by atoms with van der Waals surface area (Å²) in [5, 5.41) is 17.5. The number of hydrogen-bond donors (Lipinski definition) is 2. The molecule has 15 heteroatoms. The molecule has 0 spiro atoms. The van der Waals surface area contributed by atoms with E-state index in [1.807, 2.05) is 30.3 Å². The number of halogens is 3. The second-order valence-electron chi connectivity index (χ2n) is 8.12. The zero-order valence-electron chi connectivity index (χ0n) is 20.3. The first-order valence-corrected chi connectivity index (χ1v) is 14.3. The molecule has 0 radical (unpaired) electrons. The summed E-state index contributed by atoms with van der Waals surface area (Å²) in [5.41, 5.74) is 1.30. The van der Waals surface area contributed by atoms with Gasteiger partial charge in [0.05, 0.1) is 33.0 Å². The van der Waals surface area contributed by atoms with Gasteiger partial charge in [0.25, 0.3) is 0 Å². The van der Waals surface area contributed by atoms with Crippen molar-refractivity contribution in [1.82, 2.24) is 25.2 Å². The number of rotatable bonds is 9. The highest BCUT2D eigenvalue weighted by Crippen LogP contribution is 2.33. The first-order valence-electron chi connectivity index (χ1n) is 11.5. The molecule has 0 aliphatic rings. The summed E-state index contributed by atoms with van der Waals surface area (Å²) in [5.74, 6) is -0.625. The third kappa shape index (κ3) is 6.97. The number of tetrazole rings is 1. The number of thiazole rings is 1. The standard InChI is InChI=1S/C25H18F3N7O2S3/c26-25(27,28)15-5-4-6-16(11-15)29-22(37)14-39-24-31-19-10-9-17(12-20(19)40-24)30-21(36)13-38-23-32-33-34-35(23)18-7-2-1-3-8-18/h1-12H,13-14H2,(H,29,37)(H,30,36). The predicted molar refractivity (Wildman–Crippen MR) is 149 cm³/mol. The van der Waals surface area contributed by atoms with Crippen molar-refractivity contribution >= 4 is 68.3 Å². The Morgan fingerprint density at radius 2 is 1.60 bits per heavy atom. The second-order valence-corrected chi connectivity index (χ2v) is 11.3. The van der Waals surface area contributed by atoms with Crippen LogP contribution < -0.4 is 10.6 Å². The molecule has 0 unspecified atom stereocenters. The Bertz CT molecular complexity index is 1660. The van der Waals surface area contributed by atoms with Gasteiger partial charge in [0.1, 0.15) is 0 Å². The molecule has 0 saturated heterocycles. The van der Waals surface area contributed by atoms with Crippen molar-refractivity contribution in [2.24, 2.45) is 0 Å². The molecular formula is C25H18F3N7O2S3. The maximum absolute atomic E-state index is 12.9. The van der Waals surface area contributed by atoms with Crippen molar-refractivity contribution in [2.45, 2.75) is 15.7 Å². The van der Waals surface area contributed by atoms with Crippen molar-refractivity contribution in [3.8, 4) is 5.69 Å². The van der Waals surface area contributed by atoms with Gasteiger partial charge in [-0.1, -0.05) is 47.8 Å². The van der Waals surface area contributed by atoms with Crippen LogP contribution in [0.15, 0.2) is 82.3 Å². The lowest BCUT2D eigenvalue weighted by Crippen LogP contribution is -2.15. The number of hydrogen-bond acceptors (Lipinski definition) is 9. The molecule has 0 saturated carbocycles. The van der Waals surface area contributed by atoms with E-state index in [1.54, 1.807) is 22.9 Å². The van der Waals surface area contributed by atoms with Gasteiger partial charge in [-0.3, -0.25) is 9.59 Å². The maximum Gasteiger partial charge on any atom is 0.416 e. The average Bonchev–Trinajstić information content (AvgIpc) is 3.57. The average molecular weight is 602 g/mol. The summed E-state index contributed by atoms with van der Waals surface area (Å²) in [6.07, 6.45) is -4.49. The molecule has 5 rings (SSSR count). The van der Waals surface area contributed by atoms with Crippen molar-refractivity contribution in [3.63, 3.8) is 0 Å². The van der Waals surface area contributed by atoms with Crippen LogP contribution in [0.1, 0.15) is 5.56 Å². The topological polar surface area (TPSA) is 115 Å². The Morgan fingerprint density at radius 3 is 2.35 bits per heavy atom. The predicted octanol–water partition coefficient (Wildman–Crippen LogP) is 5.75. The van der Waals surface area contributed by atoms with E-state index < -0.39 is 17.6 Å². The number of carbonyl (C=O) groups excluding carboxylic acids is 2. The number of para-hydroxylation sites is 1. The van der Waals surface area contributed by atoms with Crippen LogP contribution in [0.2, 0.25) is 0 Å². The van der Waals surface area contributed by atoms with Gasteiger partial charge >= 0.3 is 6.18 Å². The van der Waals surface area contributed by atoms with E-state index in [1.165, 1.54) is 47.0 Å². The van der Waals surface area contributed by atoms with Crippen LogP contribution in [-0.2, 0) is 15.8 Å². The number of alkyl halides is 3. The third-order valence-electron chi connectivity index (χ3n) is 5.23. The van der Waals surface area contributed by atoms with E-state index in [2.05, 4.69) is 31.1 Å². The van der Waals surface area contributed by atoms with Crippen LogP contribution in [0.25, 0.3) is 15.9 Å². The molecule has 40 heavy (non-hydrogen) atoms. The summed E-state index contributed by atoms with van der Waals surface area (Å²) >= 11 is 3.71. The molecule has 0 atom stereocenters. The van der Waals surface area contributed by atoms with E-state index in [4.69, 9.17) is 0 Å². The number of anilines is 2. The van der Waals surface area contributed by atoms with Crippen molar-refractivity contribution in [1.29, 1.82) is 0 Å². The van der Waals surface area contributed by atoms with Crippen LogP contribution in [-0.4, -0.2) is 48.5 Å². The summed E-state index contributed by atoms with van der Waals surface area (Å²) in [6, 6.07) is 19.1. The van der Waals surface area contributed by atoms with E-state index in [-0.39, 0.29) is 23.1 Å². The van der Waals surface area contributed by atoms with E-state index in [9.17, 15) is 22.8 Å². The van der Waals surface area contributed by atoms with Crippen molar-refractivity contribution in [2.75, 3.05) is 22.1 Å². The number of benzene rings is 3. The molecule has 0 aliphatic heterocycles. The minimum Gasteiger partial charge on any atom is -0.325 e. The van der Waals surface area contributed by atoms with Gasteiger partial charge in [-0.05, 0) is 59.0 Å². The molecule has 204 valence electrons. The molecular weight excluding hydrogens is 584 g/mol. The summed E-state index contributed by atoms with van der Waals surface area (Å²) < 4.78 is 41.6. The number of carbonyl (C=O) groups is 2. The number of nitrogens with zero attached hydrogens (tertiary/aromatic N) is 5. The highest BCUT2D eigenvalue weighted by atomic mass is 32.2. The molecule has 0 fully saturated rings. The molecule has 0 aliphatic carbocycles. The zero-order valence-corrected chi connectivity index (χ0v) is 22.7. The van der Waals surface area contributed by atoms with E-state index in [0.29, 0.717) is 20.7 Å². The van der Waals surface area contributed by atoms with Gasteiger partial charge in [-0.25, -0.2) is 4.98 Å². The number of aromatic nitrogens is 5. The lowest BCUT2D eigenvalue weighted by molar-refractivity contribution is -0.137. The Morgan fingerprint density at radius 1 is 0.875 bits per heavy atom. The molecule has 3 aromatic carbocycles. The highest BCUT2D eigenvalue weighted by molar-refractivity contribution is 8.01. The van der Waals surface area contributed by atoms with Crippen LogP contribution in [0.3, 0.4) is 0 Å². The quantitative estimate of drug-likeness (QED) is 0.205. The maximum atomic E-state index is 12.9. The van der Waals surface area contributed by atoms with Gasteiger partial charge in [0.2, 0.25) is 17.0 Å². The molecule has 5 aromatic rings. The first-order chi connectivity index (χ1) is 19.2. The van der Waals surface area contributed by atoms with Crippen LogP contribution in [0.5, 0.6) is 0 Å². The highest BCUT2D eigenvalue weighted by Gasteiger charge is 2.30. The minimum absolute atomic E-state index is 0.0284. The van der Waals surface area contributed by atoms with E-state index >= 15 is 0 Å². The fourth-order valence-corrected chi connectivity index (χ4v) is 6.07. The van der Waals surface area contributed by atoms with Crippen LogP contribution in [0.4, 0.5) is 24.5 Å². The minimum atomic E-state index is -4.49. The fraction of sp³-hybridized carbons (Fsp3) is 0.120. The number of amides is 2. The Balaban J connectivity index is 1.14. The van der Waals surface area contributed by atoms with Crippen molar-refractivity contribution in [3.05, 3.63) is 78.4 Å². The molecule has 0 bridgehead atoms. The molecule has 2 amide bonds. The first kappa shape index (κ1) is 27.6. The fourth-order valence-electron chi connectivity index (χ4n) is 3.47. The molecule has 2 N–H and O–H groups in total. The molecule has 2 aromatic heterocycles. The Hall–Kier alpha value is -3.95. The van der Waals surface area contributed by atoms with Crippen LogP contribution >= 0.6 is 34.9 Å². The number of thioether (sulfide) groups is 2. The molecule has 9 nitrogen and oxygen atoms in total. The normalized spacial score (nSPS) is 11.5. The summed E-state index contributed by atoms with van der Waals surface area (Å²) in [6.45, 7) is 0. The largest absolute Gasteiger partial charge is 0.416 e. The lowest BCUT2D eigenvalue weighted by atomic mass is 10.2. The van der Waals surface area contributed by atoms with Gasteiger partial charge in [0.15, 0.2) is 4.34 Å². The van der Waals surface area contributed by atoms with Gasteiger partial charge < -0.3 is 10.6 Å². The van der Waals surface area contributed by atoms with Gasteiger partial charge in [-0.2, -0.15) is 17.9 Å². The van der Waals surface area contributed by atoms with Gasteiger partial charge in [0, 0.05) is 11.4 Å². The Labute approximate surface area is 237 Å². The second kappa shape index (κ2) is 12.1. The SMILES string of the molecule is O=C(CSc1nc2ccc(NC(=O)CSc3nnnn3-c3ccccc3)cc2s1)Nc1cccc(C(F)(F)F)c1. The van der Waals surface area contributed by atoms with Crippen molar-refractivity contribution < 1.29 is 22.8 Å². The lowest BCUT2D eigenvalue weighted by Gasteiger charge is -2.09. The molecule has 2 heterocycles. The number of fused-ring (bicyclic) bond motifs is 1.